The normalized spacial score (nSPS) is 10.1. The van der Waals surface area contributed by atoms with Gasteiger partial charge in [0.05, 0.1) is 14.2 Å². The molecule has 0 radical (unpaired) electrons. The van der Waals surface area contributed by atoms with Crippen LogP contribution in [0.25, 0.3) is 11.1 Å². The van der Waals surface area contributed by atoms with E-state index in [-0.39, 0.29) is 11.5 Å². The monoisotopic (exact) mass is 246 g/mol. The molecule has 4 heteroatoms. The molecule has 0 aliphatic heterocycles. The maximum absolute atomic E-state index is 9.43. The van der Waals surface area contributed by atoms with Crippen molar-refractivity contribution in [3.63, 3.8) is 0 Å². The molecule has 2 rings (SSSR count). The van der Waals surface area contributed by atoms with E-state index < -0.39 is 0 Å². The third-order valence-corrected chi connectivity index (χ3v) is 2.66. The van der Waals surface area contributed by atoms with Gasteiger partial charge in [-0.1, -0.05) is 0 Å². The maximum atomic E-state index is 9.43. The van der Waals surface area contributed by atoms with E-state index in [9.17, 15) is 10.2 Å². The molecule has 2 aromatic rings. The zero-order valence-electron chi connectivity index (χ0n) is 10.2. The summed E-state index contributed by atoms with van der Waals surface area (Å²) in [4.78, 5) is 0. The van der Waals surface area contributed by atoms with Crippen molar-refractivity contribution in [2.75, 3.05) is 14.2 Å². The summed E-state index contributed by atoms with van der Waals surface area (Å²) in [5, 5.41) is 18.9. The number of phenols is 2. The molecule has 2 aromatic carbocycles. The van der Waals surface area contributed by atoms with Crippen LogP contribution in [0, 0.1) is 0 Å². The first-order valence-corrected chi connectivity index (χ1v) is 5.40. The Morgan fingerprint density at radius 3 is 1.44 bits per heavy atom. The molecule has 18 heavy (non-hydrogen) atoms. The Labute approximate surface area is 105 Å². The third-order valence-electron chi connectivity index (χ3n) is 2.66. The predicted molar refractivity (Wildman–Crippen MR) is 68.3 cm³/mol. The van der Waals surface area contributed by atoms with Crippen LogP contribution >= 0.6 is 0 Å². The summed E-state index contributed by atoms with van der Waals surface area (Å²) < 4.78 is 10.5. The van der Waals surface area contributed by atoms with E-state index in [1.165, 1.54) is 26.4 Å². The number of benzene rings is 2. The topological polar surface area (TPSA) is 58.9 Å². The van der Waals surface area contributed by atoms with Gasteiger partial charge in [-0.15, -0.1) is 0 Å². The predicted octanol–water partition coefficient (Wildman–Crippen LogP) is 2.78. The van der Waals surface area contributed by atoms with Gasteiger partial charge in [0.2, 0.25) is 0 Å². The summed E-state index contributed by atoms with van der Waals surface area (Å²) in [6, 6.07) is 9.68. The number of methoxy groups -OCH3 is 2. The van der Waals surface area contributed by atoms with E-state index >= 15 is 0 Å². The quantitative estimate of drug-likeness (QED) is 0.874. The molecule has 0 fully saturated rings. The number of hydrogen-bond donors (Lipinski definition) is 2. The fraction of sp³-hybridized carbons (Fsp3) is 0.143. The Balaban J connectivity index is 2.61. The fourth-order valence-corrected chi connectivity index (χ4v) is 1.80. The summed E-state index contributed by atoms with van der Waals surface area (Å²) in [5.41, 5.74) is 1.57. The van der Waals surface area contributed by atoms with Gasteiger partial charge < -0.3 is 19.7 Å². The van der Waals surface area contributed by atoms with Crippen molar-refractivity contribution in [3.8, 4) is 34.1 Å². The van der Waals surface area contributed by atoms with Gasteiger partial charge in [-0.05, 0) is 24.3 Å². The summed E-state index contributed by atoms with van der Waals surface area (Å²) in [6.45, 7) is 0. The molecule has 0 atom stereocenters. The second kappa shape index (κ2) is 4.87. The minimum absolute atomic E-state index is 0.133. The first-order chi connectivity index (χ1) is 8.65. The van der Waals surface area contributed by atoms with Crippen molar-refractivity contribution in [3.05, 3.63) is 36.4 Å². The van der Waals surface area contributed by atoms with Crippen LogP contribution in [0.1, 0.15) is 0 Å². The van der Waals surface area contributed by atoms with Gasteiger partial charge in [-0.3, -0.25) is 0 Å². The molecule has 0 spiro atoms. The molecule has 0 amide bonds. The molecule has 0 bridgehead atoms. The van der Waals surface area contributed by atoms with Crippen molar-refractivity contribution >= 4 is 0 Å². The Morgan fingerprint density at radius 1 is 0.722 bits per heavy atom. The summed E-state index contributed by atoms with van der Waals surface area (Å²) in [7, 11) is 3.07. The second-order valence-corrected chi connectivity index (χ2v) is 3.77. The van der Waals surface area contributed by atoms with Crippen LogP contribution in [-0.2, 0) is 0 Å². The summed E-state index contributed by atoms with van der Waals surface area (Å²) >= 11 is 0. The minimum Gasteiger partial charge on any atom is -0.508 e. The minimum atomic E-state index is 0.133. The van der Waals surface area contributed by atoms with E-state index in [4.69, 9.17) is 9.47 Å². The van der Waals surface area contributed by atoms with Crippen LogP contribution in [0.2, 0.25) is 0 Å². The molecule has 0 saturated carbocycles. The fourth-order valence-electron chi connectivity index (χ4n) is 1.80. The molecule has 4 nitrogen and oxygen atoms in total. The average Bonchev–Trinajstić information content (AvgIpc) is 2.38. The van der Waals surface area contributed by atoms with Crippen LogP contribution in [0.3, 0.4) is 0 Å². The maximum Gasteiger partial charge on any atom is 0.130 e. The molecular weight excluding hydrogens is 232 g/mol. The highest BCUT2D eigenvalue weighted by molar-refractivity contribution is 5.77. The van der Waals surface area contributed by atoms with Gasteiger partial charge in [0.25, 0.3) is 0 Å². The summed E-state index contributed by atoms with van der Waals surface area (Å²) in [6.07, 6.45) is 0. The number of rotatable bonds is 3. The Morgan fingerprint density at radius 2 is 1.11 bits per heavy atom. The highest BCUT2D eigenvalue weighted by atomic mass is 16.5. The van der Waals surface area contributed by atoms with Crippen molar-refractivity contribution in [1.29, 1.82) is 0 Å². The number of aromatic hydroxyl groups is 2. The largest absolute Gasteiger partial charge is 0.508 e. The van der Waals surface area contributed by atoms with Gasteiger partial charge in [0.1, 0.15) is 23.0 Å². The van der Waals surface area contributed by atoms with Crippen LogP contribution < -0.4 is 9.47 Å². The first kappa shape index (κ1) is 12.1. The van der Waals surface area contributed by atoms with Crippen molar-refractivity contribution in [2.24, 2.45) is 0 Å². The van der Waals surface area contributed by atoms with Crippen LogP contribution in [-0.4, -0.2) is 24.4 Å². The van der Waals surface area contributed by atoms with Gasteiger partial charge >= 0.3 is 0 Å². The average molecular weight is 246 g/mol. The lowest BCUT2D eigenvalue weighted by atomic mass is 10.0. The highest BCUT2D eigenvalue weighted by Gasteiger charge is 2.12. The highest BCUT2D eigenvalue weighted by Crippen LogP contribution is 2.39. The Kier molecular flexibility index (Phi) is 3.28. The number of hydrogen-bond acceptors (Lipinski definition) is 4. The molecule has 0 aliphatic rings. The van der Waals surface area contributed by atoms with Gasteiger partial charge in [0, 0.05) is 23.3 Å². The summed E-state index contributed by atoms with van der Waals surface area (Å²) in [5.74, 6) is 1.35. The smallest absolute Gasteiger partial charge is 0.130 e. The molecule has 94 valence electrons. The van der Waals surface area contributed by atoms with E-state index in [0.29, 0.717) is 11.5 Å². The van der Waals surface area contributed by atoms with Crippen molar-refractivity contribution < 1.29 is 19.7 Å². The molecule has 2 N–H and O–H groups in total. The molecule has 0 unspecified atom stereocenters. The van der Waals surface area contributed by atoms with Gasteiger partial charge in [-0.2, -0.15) is 0 Å². The lowest BCUT2D eigenvalue weighted by Gasteiger charge is -2.12. The third kappa shape index (κ3) is 2.18. The molecule has 0 aromatic heterocycles. The van der Waals surface area contributed by atoms with Crippen LogP contribution in [0.5, 0.6) is 23.0 Å². The second-order valence-electron chi connectivity index (χ2n) is 3.77. The van der Waals surface area contributed by atoms with Crippen LogP contribution in [0.15, 0.2) is 36.4 Å². The van der Waals surface area contributed by atoms with Crippen LogP contribution in [0.4, 0.5) is 0 Å². The lowest BCUT2D eigenvalue weighted by Crippen LogP contribution is -1.91. The molecular formula is C14H14O4. The Hall–Kier alpha value is -2.36. The van der Waals surface area contributed by atoms with Crippen molar-refractivity contribution in [2.45, 2.75) is 0 Å². The lowest BCUT2D eigenvalue weighted by molar-refractivity contribution is 0.403. The molecule has 0 aliphatic carbocycles. The molecule has 0 heterocycles. The SMILES string of the molecule is COc1cc(O)ccc1-c1ccc(O)cc1OC. The Bertz CT molecular complexity index is 512. The zero-order valence-corrected chi connectivity index (χ0v) is 10.2. The zero-order chi connectivity index (χ0) is 13.1. The molecule has 0 saturated heterocycles. The number of ether oxygens (including phenoxy) is 2. The van der Waals surface area contributed by atoms with E-state index in [1.807, 2.05) is 0 Å². The van der Waals surface area contributed by atoms with E-state index in [0.717, 1.165) is 11.1 Å². The van der Waals surface area contributed by atoms with E-state index in [1.54, 1.807) is 24.3 Å². The van der Waals surface area contributed by atoms with E-state index in [2.05, 4.69) is 0 Å². The van der Waals surface area contributed by atoms with Crippen molar-refractivity contribution in [1.82, 2.24) is 0 Å². The first-order valence-electron chi connectivity index (χ1n) is 5.40. The number of phenolic OH excluding ortho intramolecular Hbond substituents is 2. The van der Waals surface area contributed by atoms with Gasteiger partial charge in [0.15, 0.2) is 0 Å². The standard InChI is InChI=1S/C14H14O4/c1-17-13-7-9(15)3-5-11(13)12-6-4-10(16)8-14(12)18-2/h3-8,15-16H,1-2H3. The van der Waals surface area contributed by atoms with Gasteiger partial charge in [-0.25, -0.2) is 0 Å².